The standard InChI is InChI=1S/C13H23NOS/c1-10(2)15-9-12-7-6-11(16-12)8-14-13(3,4)5/h6-7,10,14H,8-9H2,1-5H3. The zero-order valence-electron chi connectivity index (χ0n) is 11.0. The Kier molecular flexibility index (Phi) is 4.96. The Bertz CT molecular complexity index is 312. The van der Waals surface area contributed by atoms with Gasteiger partial charge in [0.2, 0.25) is 0 Å². The highest BCUT2D eigenvalue weighted by Crippen LogP contribution is 2.18. The Hall–Kier alpha value is -0.380. The van der Waals surface area contributed by atoms with Gasteiger partial charge in [0.05, 0.1) is 12.7 Å². The highest BCUT2D eigenvalue weighted by molar-refractivity contribution is 7.11. The summed E-state index contributed by atoms with van der Waals surface area (Å²) < 4.78 is 5.58. The molecule has 0 spiro atoms. The number of hydrogen-bond donors (Lipinski definition) is 1. The van der Waals surface area contributed by atoms with Gasteiger partial charge in [-0.1, -0.05) is 0 Å². The molecule has 1 heterocycles. The fourth-order valence-electron chi connectivity index (χ4n) is 1.20. The lowest BCUT2D eigenvalue weighted by molar-refractivity contribution is 0.0674. The van der Waals surface area contributed by atoms with E-state index >= 15 is 0 Å². The first-order valence-corrected chi connectivity index (χ1v) is 6.63. The molecular formula is C13H23NOS. The van der Waals surface area contributed by atoms with Crippen molar-refractivity contribution in [3.05, 3.63) is 21.9 Å². The molecule has 0 unspecified atom stereocenters. The van der Waals surface area contributed by atoms with Crippen LogP contribution in [0.25, 0.3) is 0 Å². The average molecular weight is 241 g/mol. The SMILES string of the molecule is CC(C)OCc1ccc(CNC(C)(C)C)s1. The molecule has 0 aliphatic carbocycles. The summed E-state index contributed by atoms with van der Waals surface area (Å²) in [5.41, 5.74) is 0.179. The molecule has 0 fully saturated rings. The summed E-state index contributed by atoms with van der Waals surface area (Å²) in [7, 11) is 0. The van der Waals surface area contributed by atoms with Gasteiger partial charge in [-0.15, -0.1) is 11.3 Å². The van der Waals surface area contributed by atoms with Gasteiger partial charge in [0.15, 0.2) is 0 Å². The monoisotopic (exact) mass is 241 g/mol. The van der Waals surface area contributed by atoms with Gasteiger partial charge in [-0.3, -0.25) is 0 Å². The molecule has 0 aliphatic rings. The summed E-state index contributed by atoms with van der Waals surface area (Å²) in [6.07, 6.45) is 0.304. The summed E-state index contributed by atoms with van der Waals surface area (Å²) in [5, 5.41) is 3.49. The molecule has 0 amide bonds. The Balaban J connectivity index is 2.39. The summed E-state index contributed by atoms with van der Waals surface area (Å²) in [6.45, 7) is 12.4. The molecule has 0 saturated carbocycles. The van der Waals surface area contributed by atoms with Crippen molar-refractivity contribution in [2.75, 3.05) is 0 Å². The van der Waals surface area contributed by atoms with Crippen molar-refractivity contribution < 1.29 is 4.74 Å². The average Bonchev–Trinajstić information content (AvgIpc) is 2.58. The van der Waals surface area contributed by atoms with E-state index in [0.29, 0.717) is 6.10 Å². The minimum absolute atomic E-state index is 0.179. The van der Waals surface area contributed by atoms with Gasteiger partial charge in [-0.05, 0) is 46.8 Å². The first kappa shape index (κ1) is 13.7. The van der Waals surface area contributed by atoms with E-state index in [4.69, 9.17) is 4.74 Å². The second-order valence-electron chi connectivity index (χ2n) is 5.33. The number of thiophene rings is 1. The molecule has 0 aliphatic heterocycles. The molecule has 0 atom stereocenters. The highest BCUT2D eigenvalue weighted by atomic mass is 32.1. The maximum Gasteiger partial charge on any atom is 0.0812 e. The van der Waals surface area contributed by atoms with Crippen LogP contribution in [0.4, 0.5) is 0 Å². The van der Waals surface area contributed by atoms with Crippen LogP contribution in [-0.4, -0.2) is 11.6 Å². The van der Waals surface area contributed by atoms with Gasteiger partial charge in [-0.2, -0.15) is 0 Å². The summed E-state index contributed by atoms with van der Waals surface area (Å²) in [6, 6.07) is 4.34. The van der Waals surface area contributed by atoms with Crippen LogP contribution in [0.5, 0.6) is 0 Å². The van der Waals surface area contributed by atoms with Crippen LogP contribution < -0.4 is 5.32 Å². The van der Waals surface area contributed by atoms with Gasteiger partial charge in [0.1, 0.15) is 0 Å². The van der Waals surface area contributed by atoms with Crippen LogP contribution in [0.15, 0.2) is 12.1 Å². The first-order chi connectivity index (χ1) is 7.37. The Morgan fingerprint density at radius 1 is 1.25 bits per heavy atom. The molecule has 0 saturated heterocycles. The normalized spacial score (nSPS) is 12.4. The predicted molar refractivity (Wildman–Crippen MR) is 70.8 cm³/mol. The van der Waals surface area contributed by atoms with Crippen LogP contribution in [0.3, 0.4) is 0 Å². The third-order valence-corrected chi connectivity index (χ3v) is 3.13. The number of rotatable bonds is 5. The van der Waals surface area contributed by atoms with Gasteiger partial charge in [0.25, 0.3) is 0 Å². The zero-order valence-corrected chi connectivity index (χ0v) is 11.8. The Morgan fingerprint density at radius 2 is 1.88 bits per heavy atom. The van der Waals surface area contributed by atoms with Crippen molar-refractivity contribution in [2.24, 2.45) is 0 Å². The van der Waals surface area contributed by atoms with Gasteiger partial charge < -0.3 is 10.1 Å². The Morgan fingerprint density at radius 3 is 2.44 bits per heavy atom. The molecule has 1 aromatic rings. The van der Waals surface area contributed by atoms with Crippen molar-refractivity contribution in [2.45, 2.75) is 59.4 Å². The maximum atomic E-state index is 5.58. The molecule has 3 heteroatoms. The van der Waals surface area contributed by atoms with Crippen molar-refractivity contribution >= 4 is 11.3 Å². The van der Waals surface area contributed by atoms with Gasteiger partial charge in [0, 0.05) is 21.8 Å². The van der Waals surface area contributed by atoms with E-state index in [1.54, 1.807) is 0 Å². The van der Waals surface area contributed by atoms with Crippen molar-refractivity contribution in [1.29, 1.82) is 0 Å². The largest absolute Gasteiger partial charge is 0.373 e. The molecule has 16 heavy (non-hydrogen) atoms. The van der Waals surface area contributed by atoms with E-state index in [1.807, 2.05) is 11.3 Å². The number of nitrogens with one attached hydrogen (secondary N) is 1. The van der Waals surface area contributed by atoms with E-state index in [-0.39, 0.29) is 5.54 Å². The van der Waals surface area contributed by atoms with E-state index < -0.39 is 0 Å². The third kappa shape index (κ3) is 5.64. The lowest BCUT2D eigenvalue weighted by Gasteiger charge is -2.19. The van der Waals surface area contributed by atoms with Crippen LogP contribution in [0, 0.1) is 0 Å². The highest BCUT2D eigenvalue weighted by Gasteiger charge is 2.09. The van der Waals surface area contributed by atoms with Gasteiger partial charge >= 0.3 is 0 Å². The second-order valence-corrected chi connectivity index (χ2v) is 6.58. The van der Waals surface area contributed by atoms with E-state index in [2.05, 4.69) is 52.1 Å². The van der Waals surface area contributed by atoms with Crippen molar-refractivity contribution in [3.63, 3.8) is 0 Å². The van der Waals surface area contributed by atoms with Crippen LogP contribution in [0.2, 0.25) is 0 Å². The summed E-state index contributed by atoms with van der Waals surface area (Å²) in [5.74, 6) is 0. The molecule has 0 bridgehead atoms. The van der Waals surface area contributed by atoms with Crippen molar-refractivity contribution in [3.8, 4) is 0 Å². The molecule has 1 rings (SSSR count). The fraction of sp³-hybridized carbons (Fsp3) is 0.692. The Labute approximate surface area is 103 Å². The third-order valence-electron chi connectivity index (χ3n) is 2.07. The smallest absolute Gasteiger partial charge is 0.0812 e. The molecular weight excluding hydrogens is 218 g/mol. The van der Waals surface area contributed by atoms with Gasteiger partial charge in [-0.25, -0.2) is 0 Å². The molecule has 92 valence electrons. The topological polar surface area (TPSA) is 21.3 Å². The second kappa shape index (κ2) is 5.80. The summed E-state index contributed by atoms with van der Waals surface area (Å²) >= 11 is 1.83. The minimum atomic E-state index is 0.179. The lowest BCUT2D eigenvalue weighted by Crippen LogP contribution is -2.34. The van der Waals surface area contributed by atoms with Crippen LogP contribution >= 0.6 is 11.3 Å². The first-order valence-electron chi connectivity index (χ1n) is 5.81. The molecule has 1 N–H and O–H groups in total. The predicted octanol–water partition coefficient (Wildman–Crippen LogP) is 3.56. The van der Waals surface area contributed by atoms with E-state index in [0.717, 1.165) is 13.2 Å². The zero-order chi connectivity index (χ0) is 12.2. The molecule has 0 radical (unpaired) electrons. The molecule has 1 aromatic heterocycles. The number of hydrogen-bond acceptors (Lipinski definition) is 3. The van der Waals surface area contributed by atoms with E-state index in [1.165, 1.54) is 9.75 Å². The quantitative estimate of drug-likeness (QED) is 0.851. The minimum Gasteiger partial charge on any atom is -0.373 e. The molecule has 0 aromatic carbocycles. The van der Waals surface area contributed by atoms with Crippen molar-refractivity contribution in [1.82, 2.24) is 5.32 Å². The number of ether oxygens (including phenoxy) is 1. The van der Waals surface area contributed by atoms with E-state index in [9.17, 15) is 0 Å². The van der Waals surface area contributed by atoms with Crippen LogP contribution in [-0.2, 0) is 17.9 Å². The van der Waals surface area contributed by atoms with Crippen LogP contribution in [0.1, 0.15) is 44.4 Å². The molecule has 2 nitrogen and oxygen atoms in total. The fourth-order valence-corrected chi connectivity index (χ4v) is 2.08. The maximum absolute atomic E-state index is 5.58. The lowest BCUT2D eigenvalue weighted by atomic mass is 10.1. The summed E-state index contributed by atoms with van der Waals surface area (Å²) in [4.78, 5) is 2.68.